The Bertz CT molecular complexity index is 1280. The molecule has 6 nitrogen and oxygen atoms in total. The van der Waals surface area contributed by atoms with E-state index >= 15 is 0 Å². The molecule has 0 radical (unpaired) electrons. The van der Waals surface area contributed by atoms with Crippen LogP contribution in [0.25, 0.3) is 0 Å². The first-order valence-corrected chi connectivity index (χ1v) is 11.2. The summed E-state index contributed by atoms with van der Waals surface area (Å²) in [4.78, 5) is 15.2. The zero-order chi connectivity index (χ0) is 24.9. The molecule has 0 spiro atoms. The Balaban J connectivity index is 1.50. The number of methoxy groups -OCH3 is 1. The Labute approximate surface area is 202 Å². The number of hydrogen-bond donors (Lipinski definition) is 1. The molecule has 0 aromatic heterocycles. The number of carbonyl (C=O) groups excluding carboxylic acids is 1. The fourth-order valence-corrected chi connectivity index (χ4v) is 4.14. The average molecular weight is 478 g/mol. The molecule has 1 fully saturated rings. The van der Waals surface area contributed by atoms with Crippen molar-refractivity contribution in [2.24, 2.45) is 0 Å². The lowest BCUT2D eigenvalue weighted by molar-refractivity contribution is 0.102. The third-order valence-corrected chi connectivity index (χ3v) is 5.94. The first-order chi connectivity index (χ1) is 16.9. The van der Waals surface area contributed by atoms with Crippen LogP contribution in [0.1, 0.15) is 34.3 Å². The zero-order valence-electron chi connectivity index (χ0n) is 19.5. The highest BCUT2D eigenvalue weighted by Crippen LogP contribution is 2.32. The van der Waals surface area contributed by atoms with Crippen LogP contribution in [0.15, 0.2) is 54.6 Å². The van der Waals surface area contributed by atoms with Crippen molar-refractivity contribution in [2.75, 3.05) is 30.4 Å². The molecule has 0 aliphatic carbocycles. The molecule has 1 heterocycles. The summed E-state index contributed by atoms with van der Waals surface area (Å²) in [5.74, 6) is -1.23. The molecule has 3 aromatic carbocycles. The highest BCUT2D eigenvalue weighted by molar-refractivity contribution is 6.08. The predicted molar refractivity (Wildman–Crippen MR) is 129 cm³/mol. The molecule has 1 N–H and O–H groups in total. The average Bonchev–Trinajstić information content (AvgIpc) is 2.86. The number of halogens is 2. The number of piperidine rings is 1. The monoisotopic (exact) mass is 477 g/mol. The second-order valence-corrected chi connectivity index (χ2v) is 8.38. The molecule has 180 valence electrons. The van der Waals surface area contributed by atoms with Gasteiger partial charge in [-0.05, 0) is 49.4 Å². The summed E-state index contributed by atoms with van der Waals surface area (Å²) < 4.78 is 38.2. The van der Waals surface area contributed by atoms with Crippen LogP contribution in [0.2, 0.25) is 0 Å². The lowest BCUT2D eigenvalue weighted by atomic mass is 10.0. The molecule has 0 unspecified atom stereocenters. The van der Waals surface area contributed by atoms with Crippen LogP contribution < -0.4 is 19.7 Å². The normalized spacial score (nSPS) is 13.7. The van der Waals surface area contributed by atoms with Crippen LogP contribution in [0.3, 0.4) is 0 Å². The Kier molecular flexibility index (Phi) is 7.16. The minimum Gasteiger partial charge on any atom is -0.496 e. The Morgan fingerprint density at radius 2 is 1.80 bits per heavy atom. The number of aryl methyl sites for hydroxylation is 1. The summed E-state index contributed by atoms with van der Waals surface area (Å²) in [6.45, 7) is 3.08. The zero-order valence-corrected chi connectivity index (χ0v) is 19.5. The molecule has 1 saturated heterocycles. The van der Waals surface area contributed by atoms with Crippen molar-refractivity contribution in [3.8, 4) is 17.6 Å². The van der Waals surface area contributed by atoms with Gasteiger partial charge >= 0.3 is 0 Å². The van der Waals surface area contributed by atoms with E-state index in [0.717, 1.165) is 17.3 Å². The Morgan fingerprint density at radius 3 is 2.49 bits per heavy atom. The number of ether oxygens (including phenoxy) is 2. The fraction of sp³-hybridized carbons (Fsp3) is 0.259. The summed E-state index contributed by atoms with van der Waals surface area (Å²) in [6, 6.07) is 15.9. The van der Waals surface area contributed by atoms with E-state index < -0.39 is 11.6 Å². The number of carbonyl (C=O) groups is 1. The van der Waals surface area contributed by atoms with Gasteiger partial charge in [-0.15, -0.1) is 0 Å². The molecule has 8 heteroatoms. The number of amides is 1. The second kappa shape index (κ2) is 10.4. The van der Waals surface area contributed by atoms with Crippen LogP contribution in [-0.2, 0) is 0 Å². The summed E-state index contributed by atoms with van der Waals surface area (Å²) in [5, 5.41) is 12.3. The summed E-state index contributed by atoms with van der Waals surface area (Å²) in [7, 11) is 1.51. The van der Waals surface area contributed by atoms with Crippen molar-refractivity contribution in [2.45, 2.75) is 25.9 Å². The van der Waals surface area contributed by atoms with Gasteiger partial charge in [0.25, 0.3) is 5.91 Å². The van der Waals surface area contributed by atoms with Crippen molar-refractivity contribution in [3.63, 3.8) is 0 Å². The molecular weight excluding hydrogens is 452 g/mol. The van der Waals surface area contributed by atoms with Gasteiger partial charge in [0.1, 0.15) is 17.7 Å². The third kappa shape index (κ3) is 5.52. The number of hydrogen-bond acceptors (Lipinski definition) is 5. The van der Waals surface area contributed by atoms with Gasteiger partial charge in [-0.3, -0.25) is 4.79 Å². The van der Waals surface area contributed by atoms with E-state index in [4.69, 9.17) is 9.47 Å². The highest BCUT2D eigenvalue weighted by Gasteiger charge is 2.24. The third-order valence-electron chi connectivity index (χ3n) is 5.94. The lowest BCUT2D eigenvalue weighted by Crippen LogP contribution is -2.38. The number of nitrogens with zero attached hydrogens (tertiary/aromatic N) is 2. The number of nitrogens with one attached hydrogen (secondary N) is 1. The molecule has 1 aliphatic rings. The van der Waals surface area contributed by atoms with Gasteiger partial charge in [0.05, 0.1) is 35.7 Å². The van der Waals surface area contributed by atoms with E-state index in [-0.39, 0.29) is 17.8 Å². The maximum atomic E-state index is 14.0. The Hall–Kier alpha value is -4.12. The minimum absolute atomic E-state index is 0.0308. The van der Waals surface area contributed by atoms with Gasteiger partial charge in [0.15, 0.2) is 11.6 Å². The van der Waals surface area contributed by atoms with Gasteiger partial charge < -0.3 is 19.7 Å². The number of rotatable bonds is 6. The van der Waals surface area contributed by atoms with Crippen LogP contribution in [0, 0.1) is 29.9 Å². The van der Waals surface area contributed by atoms with Crippen LogP contribution in [0.5, 0.6) is 11.5 Å². The van der Waals surface area contributed by atoms with Crippen molar-refractivity contribution in [1.29, 1.82) is 5.26 Å². The molecule has 0 bridgehead atoms. The van der Waals surface area contributed by atoms with E-state index in [1.54, 1.807) is 24.3 Å². The summed E-state index contributed by atoms with van der Waals surface area (Å²) in [6.07, 6.45) is 0.991. The molecule has 4 rings (SSSR count). The highest BCUT2D eigenvalue weighted by atomic mass is 19.1. The largest absolute Gasteiger partial charge is 0.496 e. The SMILES string of the molecule is COc1ccc(C)cc1C(=O)Nc1cc(C#N)ccc1N1CCC(Oc2ccc(F)cc2F)CC1. The van der Waals surface area contributed by atoms with Crippen molar-refractivity contribution < 1.29 is 23.0 Å². The lowest BCUT2D eigenvalue weighted by Gasteiger charge is -2.35. The van der Waals surface area contributed by atoms with Gasteiger partial charge in [-0.1, -0.05) is 11.6 Å². The molecule has 1 aliphatic heterocycles. The second-order valence-electron chi connectivity index (χ2n) is 8.38. The van der Waals surface area contributed by atoms with Crippen molar-refractivity contribution in [3.05, 3.63) is 82.9 Å². The van der Waals surface area contributed by atoms with E-state index in [1.807, 2.05) is 19.1 Å². The minimum atomic E-state index is -0.726. The number of anilines is 2. The van der Waals surface area contributed by atoms with E-state index in [1.165, 1.54) is 19.2 Å². The fourth-order valence-electron chi connectivity index (χ4n) is 4.14. The summed E-state index contributed by atoms with van der Waals surface area (Å²) >= 11 is 0. The molecule has 1 amide bonds. The Morgan fingerprint density at radius 1 is 1.06 bits per heavy atom. The van der Waals surface area contributed by atoms with Crippen LogP contribution in [0.4, 0.5) is 20.2 Å². The number of benzene rings is 3. The standard InChI is InChI=1S/C27H25F2N3O3/c1-17-3-7-25(34-2)21(13-17)27(33)31-23-14-18(16-30)4-6-24(23)32-11-9-20(10-12-32)35-26-8-5-19(28)15-22(26)29/h3-8,13-15,20H,9-12H2,1-2H3,(H,31,33). The van der Waals surface area contributed by atoms with Crippen LogP contribution in [-0.4, -0.2) is 32.2 Å². The molecule has 0 atom stereocenters. The molecular formula is C27H25F2N3O3. The molecule has 3 aromatic rings. The van der Waals surface area contributed by atoms with Gasteiger partial charge in [-0.2, -0.15) is 5.26 Å². The van der Waals surface area contributed by atoms with E-state index in [9.17, 15) is 18.8 Å². The van der Waals surface area contributed by atoms with Gasteiger partial charge in [0.2, 0.25) is 0 Å². The first kappa shape index (κ1) is 24.0. The quantitative estimate of drug-likeness (QED) is 0.511. The van der Waals surface area contributed by atoms with Gasteiger partial charge in [-0.25, -0.2) is 8.78 Å². The van der Waals surface area contributed by atoms with E-state index in [2.05, 4.69) is 16.3 Å². The van der Waals surface area contributed by atoms with Crippen molar-refractivity contribution in [1.82, 2.24) is 0 Å². The molecule has 0 saturated carbocycles. The first-order valence-electron chi connectivity index (χ1n) is 11.2. The number of nitriles is 1. The van der Waals surface area contributed by atoms with Crippen molar-refractivity contribution >= 4 is 17.3 Å². The molecule has 35 heavy (non-hydrogen) atoms. The van der Waals surface area contributed by atoms with Gasteiger partial charge in [0, 0.05) is 32.0 Å². The van der Waals surface area contributed by atoms with Crippen LogP contribution >= 0.6 is 0 Å². The van der Waals surface area contributed by atoms with E-state index in [0.29, 0.717) is 48.5 Å². The smallest absolute Gasteiger partial charge is 0.259 e. The maximum Gasteiger partial charge on any atom is 0.259 e. The maximum absolute atomic E-state index is 14.0. The summed E-state index contributed by atoms with van der Waals surface area (Å²) in [5.41, 5.74) is 3.03. The topological polar surface area (TPSA) is 74.6 Å². The predicted octanol–water partition coefficient (Wildman–Crippen LogP) is 5.45.